The van der Waals surface area contributed by atoms with Crippen LogP contribution in [0, 0.1) is 6.92 Å². The van der Waals surface area contributed by atoms with E-state index in [1.807, 2.05) is 6.92 Å². The molecule has 6 heteroatoms. The Bertz CT molecular complexity index is 655. The number of rotatable bonds is 5. The highest BCUT2D eigenvalue weighted by molar-refractivity contribution is 6.30. The SMILES string of the molecule is C=CCNc1cnc(C(=O)Nc2ccc(Cl)cc2C)cn1. The maximum absolute atomic E-state index is 12.1. The number of hydrogen-bond acceptors (Lipinski definition) is 4. The van der Waals surface area contributed by atoms with Gasteiger partial charge in [0.2, 0.25) is 0 Å². The highest BCUT2D eigenvalue weighted by atomic mass is 35.5. The number of nitrogens with one attached hydrogen (secondary N) is 2. The van der Waals surface area contributed by atoms with E-state index in [0.29, 0.717) is 23.1 Å². The molecule has 2 aromatic rings. The summed E-state index contributed by atoms with van der Waals surface area (Å²) in [4.78, 5) is 20.3. The molecule has 2 rings (SSSR count). The highest BCUT2D eigenvalue weighted by Crippen LogP contribution is 2.20. The topological polar surface area (TPSA) is 66.9 Å². The summed E-state index contributed by atoms with van der Waals surface area (Å²) in [7, 11) is 0. The van der Waals surface area contributed by atoms with Crippen LogP contribution >= 0.6 is 11.6 Å². The third-order valence-corrected chi connectivity index (χ3v) is 2.98. The molecule has 2 N–H and O–H groups in total. The smallest absolute Gasteiger partial charge is 0.275 e. The van der Waals surface area contributed by atoms with Crippen LogP contribution in [0.1, 0.15) is 16.1 Å². The number of benzene rings is 1. The van der Waals surface area contributed by atoms with E-state index in [9.17, 15) is 4.79 Å². The lowest BCUT2D eigenvalue weighted by atomic mass is 10.2. The van der Waals surface area contributed by atoms with E-state index in [1.54, 1.807) is 24.3 Å². The minimum Gasteiger partial charge on any atom is -0.365 e. The second-order valence-electron chi connectivity index (χ2n) is 4.37. The summed E-state index contributed by atoms with van der Waals surface area (Å²) in [6.07, 6.45) is 4.64. The van der Waals surface area contributed by atoms with Crippen molar-refractivity contribution < 1.29 is 4.79 Å². The molecule has 1 aromatic heterocycles. The van der Waals surface area contributed by atoms with Crippen molar-refractivity contribution in [2.75, 3.05) is 17.2 Å². The third kappa shape index (κ3) is 4.03. The van der Waals surface area contributed by atoms with Gasteiger partial charge >= 0.3 is 0 Å². The zero-order valence-corrected chi connectivity index (χ0v) is 12.3. The Kier molecular flexibility index (Phi) is 4.90. The molecule has 1 aromatic carbocycles. The van der Waals surface area contributed by atoms with Gasteiger partial charge in [0, 0.05) is 17.3 Å². The summed E-state index contributed by atoms with van der Waals surface area (Å²) in [6.45, 7) is 6.06. The first-order valence-electron chi connectivity index (χ1n) is 6.34. The first-order valence-corrected chi connectivity index (χ1v) is 6.72. The molecule has 5 nitrogen and oxygen atoms in total. The minimum absolute atomic E-state index is 0.244. The summed E-state index contributed by atoms with van der Waals surface area (Å²) >= 11 is 5.88. The summed E-state index contributed by atoms with van der Waals surface area (Å²) in [5, 5.41) is 6.39. The van der Waals surface area contributed by atoms with Crippen LogP contribution in [-0.4, -0.2) is 22.4 Å². The first-order chi connectivity index (χ1) is 10.1. The van der Waals surface area contributed by atoms with Gasteiger partial charge in [-0.05, 0) is 30.7 Å². The van der Waals surface area contributed by atoms with Crippen LogP contribution in [0.15, 0.2) is 43.2 Å². The van der Waals surface area contributed by atoms with Crippen LogP contribution in [0.2, 0.25) is 5.02 Å². The van der Waals surface area contributed by atoms with Gasteiger partial charge in [0.1, 0.15) is 11.5 Å². The lowest BCUT2D eigenvalue weighted by molar-refractivity contribution is 0.102. The molecule has 0 aliphatic rings. The lowest BCUT2D eigenvalue weighted by Gasteiger charge is -2.08. The van der Waals surface area contributed by atoms with Crippen molar-refractivity contribution in [3.05, 3.63) is 59.5 Å². The van der Waals surface area contributed by atoms with Crippen LogP contribution in [0.4, 0.5) is 11.5 Å². The summed E-state index contributed by atoms with van der Waals surface area (Å²) in [5.41, 5.74) is 1.82. The molecule has 0 aliphatic carbocycles. The monoisotopic (exact) mass is 302 g/mol. The molecule has 108 valence electrons. The Balaban J connectivity index is 2.07. The number of aromatic nitrogens is 2. The molecular formula is C15H15ClN4O. The number of amides is 1. The number of halogens is 1. The molecule has 0 fully saturated rings. The van der Waals surface area contributed by atoms with Gasteiger partial charge in [-0.2, -0.15) is 0 Å². The van der Waals surface area contributed by atoms with E-state index >= 15 is 0 Å². The second kappa shape index (κ2) is 6.85. The molecule has 0 atom stereocenters. The zero-order chi connectivity index (χ0) is 15.2. The number of carbonyl (C=O) groups is 1. The van der Waals surface area contributed by atoms with Gasteiger partial charge in [0.05, 0.1) is 12.4 Å². The second-order valence-corrected chi connectivity index (χ2v) is 4.81. The van der Waals surface area contributed by atoms with E-state index in [0.717, 1.165) is 5.56 Å². The Hall–Kier alpha value is -2.40. The minimum atomic E-state index is -0.316. The summed E-state index contributed by atoms with van der Waals surface area (Å²) < 4.78 is 0. The lowest BCUT2D eigenvalue weighted by Crippen LogP contribution is -2.15. The van der Waals surface area contributed by atoms with Crippen molar-refractivity contribution in [3.63, 3.8) is 0 Å². The summed E-state index contributed by atoms with van der Waals surface area (Å²) in [5.74, 6) is 0.275. The van der Waals surface area contributed by atoms with E-state index in [-0.39, 0.29) is 11.6 Å². The largest absolute Gasteiger partial charge is 0.365 e. The zero-order valence-electron chi connectivity index (χ0n) is 11.6. The average Bonchev–Trinajstić information content (AvgIpc) is 2.48. The van der Waals surface area contributed by atoms with Gasteiger partial charge in [0.25, 0.3) is 5.91 Å². The van der Waals surface area contributed by atoms with Gasteiger partial charge in [-0.25, -0.2) is 9.97 Å². The number of aryl methyl sites for hydroxylation is 1. The van der Waals surface area contributed by atoms with Gasteiger partial charge in [0.15, 0.2) is 0 Å². The van der Waals surface area contributed by atoms with Crippen LogP contribution < -0.4 is 10.6 Å². The molecule has 21 heavy (non-hydrogen) atoms. The summed E-state index contributed by atoms with van der Waals surface area (Å²) in [6, 6.07) is 5.26. The molecule has 0 bridgehead atoms. The number of nitrogens with zero attached hydrogens (tertiary/aromatic N) is 2. The molecule has 0 saturated carbocycles. The van der Waals surface area contributed by atoms with Gasteiger partial charge in [-0.1, -0.05) is 17.7 Å². The predicted octanol–water partition coefficient (Wildman–Crippen LogP) is 3.29. The molecule has 0 spiro atoms. The van der Waals surface area contributed by atoms with Crippen molar-refractivity contribution in [3.8, 4) is 0 Å². The van der Waals surface area contributed by atoms with Crippen LogP contribution in [-0.2, 0) is 0 Å². The van der Waals surface area contributed by atoms with Crippen LogP contribution in [0.3, 0.4) is 0 Å². The van der Waals surface area contributed by atoms with E-state index in [2.05, 4.69) is 27.2 Å². The van der Waals surface area contributed by atoms with Gasteiger partial charge < -0.3 is 10.6 Å². The Morgan fingerprint density at radius 2 is 2.19 bits per heavy atom. The fourth-order valence-electron chi connectivity index (χ4n) is 1.67. The molecular weight excluding hydrogens is 288 g/mol. The van der Waals surface area contributed by atoms with Crippen molar-refractivity contribution >= 4 is 29.0 Å². The fourth-order valence-corrected chi connectivity index (χ4v) is 1.89. The molecule has 0 unspecified atom stereocenters. The van der Waals surface area contributed by atoms with Crippen molar-refractivity contribution in [1.29, 1.82) is 0 Å². The van der Waals surface area contributed by atoms with Crippen molar-refractivity contribution in [1.82, 2.24) is 9.97 Å². The van der Waals surface area contributed by atoms with Crippen molar-refractivity contribution in [2.45, 2.75) is 6.92 Å². The number of anilines is 2. The van der Waals surface area contributed by atoms with Crippen LogP contribution in [0.5, 0.6) is 0 Å². The Morgan fingerprint density at radius 3 is 2.81 bits per heavy atom. The molecule has 1 heterocycles. The maximum Gasteiger partial charge on any atom is 0.275 e. The quantitative estimate of drug-likeness (QED) is 0.832. The number of hydrogen-bond donors (Lipinski definition) is 2. The Morgan fingerprint density at radius 1 is 1.38 bits per heavy atom. The predicted molar refractivity (Wildman–Crippen MR) is 84.9 cm³/mol. The molecule has 0 radical (unpaired) electrons. The van der Waals surface area contributed by atoms with Crippen LogP contribution in [0.25, 0.3) is 0 Å². The highest BCUT2D eigenvalue weighted by Gasteiger charge is 2.10. The standard InChI is InChI=1S/C15H15ClN4O/c1-3-6-17-14-9-18-13(8-19-14)15(21)20-12-5-4-11(16)7-10(12)2/h3-5,7-9H,1,6H2,2H3,(H,17,19)(H,20,21). The third-order valence-electron chi connectivity index (χ3n) is 2.75. The maximum atomic E-state index is 12.1. The van der Waals surface area contributed by atoms with E-state index < -0.39 is 0 Å². The molecule has 0 saturated heterocycles. The normalized spacial score (nSPS) is 10.0. The fraction of sp³-hybridized carbons (Fsp3) is 0.133. The first kappa shape index (κ1) is 15.0. The van der Waals surface area contributed by atoms with Gasteiger partial charge in [-0.3, -0.25) is 4.79 Å². The van der Waals surface area contributed by atoms with Gasteiger partial charge in [-0.15, -0.1) is 6.58 Å². The molecule has 1 amide bonds. The average molecular weight is 303 g/mol. The van der Waals surface area contributed by atoms with Crippen molar-refractivity contribution in [2.24, 2.45) is 0 Å². The number of carbonyl (C=O) groups excluding carboxylic acids is 1. The Labute approximate surface area is 128 Å². The van der Waals surface area contributed by atoms with E-state index in [1.165, 1.54) is 12.4 Å². The molecule has 0 aliphatic heterocycles. The van der Waals surface area contributed by atoms with E-state index in [4.69, 9.17) is 11.6 Å².